The molecule has 4 bridgehead atoms. The number of nitrogens with zero attached hydrogens (tertiary/aromatic N) is 1. The Hall–Kier alpha value is -2.28. The lowest BCUT2D eigenvalue weighted by Gasteiger charge is -2.75. The molecular weight excluding hydrogens is 492 g/mol. The highest BCUT2D eigenvalue weighted by Gasteiger charge is 3.22. The molecule has 0 N–H and O–H groups in total. The second-order valence-electron chi connectivity index (χ2n) is 7.29. The van der Waals surface area contributed by atoms with Crippen LogP contribution in [0.2, 0.25) is 0 Å². The molecule has 3 nitrogen and oxygen atoms in total. The molecule has 0 spiro atoms. The molecule has 0 unspecified atom stereocenters. The van der Waals surface area contributed by atoms with Gasteiger partial charge in [0.2, 0.25) is 5.60 Å². The van der Waals surface area contributed by atoms with Crippen LogP contribution < -0.4 is 0 Å². The predicted octanol–water partition coefficient (Wildman–Crippen LogP) is 4.42. The number of carbonyl (C=O) groups excluding carboxylic acids is 1. The number of rotatable bonds is 3. The van der Waals surface area contributed by atoms with E-state index in [4.69, 9.17) is 5.26 Å². The quantitative estimate of drug-likeness (QED) is 0.330. The second kappa shape index (κ2) is 5.27. The van der Waals surface area contributed by atoms with Gasteiger partial charge in [0.15, 0.2) is 0 Å². The van der Waals surface area contributed by atoms with Gasteiger partial charge in [0.1, 0.15) is 0 Å². The van der Waals surface area contributed by atoms with Crippen LogP contribution in [0.15, 0.2) is 12.7 Å². The van der Waals surface area contributed by atoms with Crippen LogP contribution in [0.1, 0.15) is 6.42 Å². The number of halogens is 14. The van der Waals surface area contributed by atoms with E-state index in [0.29, 0.717) is 0 Å². The van der Waals surface area contributed by atoms with E-state index in [1.807, 2.05) is 0 Å². The number of nitriles is 1. The van der Waals surface area contributed by atoms with E-state index in [9.17, 15) is 57.5 Å². The van der Waals surface area contributed by atoms with E-state index in [0.717, 1.165) is 0 Å². The van der Waals surface area contributed by atoms with Crippen LogP contribution >= 0.6 is 0 Å². The summed E-state index contributed by atoms with van der Waals surface area (Å²) in [6, 6.07) is 0.256. The zero-order chi connectivity index (χ0) is 25.4. The fourth-order valence-corrected chi connectivity index (χ4v) is 4.76. The third kappa shape index (κ3) is 1.45. The second-order valence-corrected chi connectivity index (χ2v) is 7.29. The number of alkyl halides is 14. The number of esters is 1. The molecule has 4 fully saturated rings. The molecule has 4 rings (SSSR count). The SMILES string of the molecule is C=CC(=O)OC1(CC#N)C2(F)C(F)(F)C3(F)C(F)(F)C(F)(C2(F)F)C(F)(F)C1(F)C3(F)F. The van der Waals surface area contributed by atoms with E-state index in [-0.39, 0.29) is 12.1 Å². The molecule has 0 aliphatic heterocycles. The van der Waals surface area contributed by atoms with Crippen LogP contribution in [0.4, 0.5) is 61.5 Å². The molecule has 0 saturated heterocycles. The highest BCUT2D eigenvalue weighted by molar-refractivity contribution is 5.82. The predicted molar refractivity (Wildman–Crippen MR) is 69.3 cm³/mol. The van der Waals surface area contributed by atoms with Gasteiger partial charge in [0.05, 0.1) is 12.5 Å². The third-order valence-electron chi connectivity index (χ3n) is 6.21. The lowest BCUT2D eigenvalue weighted by Crippen LogP contribution is -3.10. The van der Waals surface area contributed by atoms with Crippen molar-refractivity contribution in [3.05, 3.63) is 12.7 Å². The summed E-state index contributed by atoms with van der Waals surface area (Å²) >= 11 is 0. The van der Waals surface area contributed by atoms with Crippen molar-refractivity contribution in [1.82, 2.24) is 0 Å². The molecule has 17 heteroatoms. The fourth-order valence-electron chi connectivity index (χ4n) is 4.76. The van der Waals surface area contributed by atoms with E-state index in [1.165, 1.54) is 0 Å². The van der Waals surface area contributed by atoms with Crippen LogP contribution in [0.5, 0.6) is 0 Å². The Labute approximate surface area is 166 Å². The Morgan fingerprint density at radius 1 is 0.688 bits per heavy atom. The third-order valence-corrected chi connectivity index (χ3v) is 6.21. The summed E-state index contributed by atoms with van der Waals surface area (Å²) in [5.74, 6) is -41.1. The lowest BCUT2D eigenvalue weighted by atomic mass is 9.37. The Kier molecular flexibility index (Phi) is 4.01. The maximum absolute atomic E-state index is 15.5. The first-order valence-corrected chi connectivity index (χ1v) is 7.89. The summed E-state index contributed by atoms with van der Waals surface area (Å²) in [6.07, 6.45) is -3.46. The molecule has 4 saturated carbocycles. The van der Waals surface area contributed by atoms with Gasteiger partial charge in [0.25, 0.3) is 11.3 Å². The van der Waals surface area contributed by atoms with Crippen molar-refractivity contribution < 1.29 is 71.0 Å². The van der Waals surface area contributed by atoms with E-state index in [2.05, 4.69) is 11.3 Å². The van der Waals surface area contributed by atoms with Gasteiger partial charge in [-0.1, -0.05) is 6.58 Å². The highest BCUT2D eigenvalue weighted by atomic mass is 19.3. The number of ether oxygens (including phenoxy) is 1. The minimum absolute atomic E-state index is 0.256. The maximum Gasteiger partial charge on any atom is 0.339 e. The van der Waals surface area contributed by atoms with Gasteiger partial charge in [-0.3, -0.25) is 0 Å². The number of hydrogen-bond acceptors (Lipinski definition) is 3. The summed E-state index contributed by atoms with van der Waals surface area (Å²) < 4.78 is 209. The van der Waals surface area contributed by atoms with Crippen molar-refractivity contribution in [3.8, 4) is 6.07 Å². The van der Waals surface area contributed by atoms with E-state index in [1.54, 1.807) is 0 Å². The van der Waals surface area contributed by atoms with Gasteiger partial charge in [-0.15, -0.1) is 0 Å². The first kappa shape index (κ1) is 24.4. The van der Waals surface area contributed by atoms with Crippen molar-refractivity contribution in [2.75, 3.05) is 0 Å². The van der Waals surface area contributed by atoms with Gasteiger partial charge in [-0.25, -0.2) is 22.4 Å². The van der Waals surface area contributed by atoms with Crippen LogP contribution in [-0.2, 0) is 9.53 Å². The largest absolute Gasteiger partial charge is 0.447 e. The van der Waals surface area contributed by atoms with Gasteiger partial charge >= 0.3 is 46.9 Å². The van der Waals surface area contributed by atoms with Crippen molar-refractivity contribution in [2.24, 2.45) is 0 Å². The van der Waals surface area contributed by atoms with E-state index < -0.39 is 70.3 Å². The molecule has 32 heavy (non-hydrogen) atoms. The minimum Gasteiger partial charge on any atom is -0.447 e. The molecule has 0 aromatic carbocycles. The number of carbonyl (C=O) groups is 1. The number of hydrogen-bond donors (Lipinski definition) is 0. The Balaban J connectivity index is 2.74. The monoisotopic (exact) mass is 497 g/mol. The summed E-state index contributed by atoms with van der Waals surface area (Å²) in [5.41, 5.74) is -35.9. The average molecular weight is 497 g/mol. The minimum atomic E-state index is -7.84. The van der Waals surface area contributed by atoms with Crippen molar-refractivity contribution >= 4 is 5.97 Å². The zero-order valence-corrected chi connectivity index (χ0v) is 14.5. The molecule has 4 aliphatic rings. The highest BCUT2D eigenvalue weighted by Crippen LogP contribution is 2.88. The zero-order valence-electron chi connectivity index (χ0n) is 14.5. The van der Waals surface area contributed by atoms with Crippen molar-refractivity contribution in [3.63, 3.8) is 0 Å². The van der Waals surface area contributed by atoms with Crippen molar-refractivity contribution in [2.45, 2.75) is 64.3 Å². The molecule has 4 aliphatic carbocycles. The fraction of sp³-hybridized carbons (Fsp3) is 0.733. The molecule has 0 atom stereocenters. The molecular formula is C15H5F14NO2. The molecule has 0 heterocycles. The molecule has 0 radical (unpaired) electrons. The van der Waals surface area contributed by atoms with Crippen molar-refractivity contribution in [1.29, 1.82) is 5.26 Å². The van der Waals surface area contributed by atoms with Crippen LogP contribution in [-0.4, -0.2) is 63.9 Å². The van der Waals surface area contributed by atoms with Crippen LogP contribution in [0.3, 0.4) is 0 Å². The molecule has 0 amide bonds. The Morgan fingerprint density at radius 2 is 0.969 bits per heavy atom. The van der Waals surface area contributed by atoms with Gasteiger partial charge in [-0.05, 0) is 0 Å². The standard InChI is InChI=1S/C15H5F14NO2/c1-2-5(31)32-6(3-4-30)7(16)11(20,21)9(18)13(24,25)8(6,17)14(26,27)10(19,12(7,22)23)15(9,28)29/h2H,1,3H2. The topological polar surface area (TPSA) is 50.1 Å². The normalized spacial score (nSPS) is 48.0. The van der Waals surface area contributed by atoms with Crippen LogP contribution in [0.25, 0.3) is 0 Å². The molecule has 0 aromatic rings. The van der Waals surface area contributed by atoms with Gasteiger partial charge < -0.3 is 4.74 Å². The first-order chi connectivity index (χ1) is 14.0. The smallest absolute Gasteiger partial charge is 0.339 e. The molecule has 180 valence electrons. The lowest BCUT2D eigenvalue weighted by molar-refractivity contribution is -0.599. The van der Waals surface area contributed by atoms with Gasteiger partial charge in [-0.2, -0.15) is 49.2 Å². The Bertz CT molecular complexity index is 880. The maximum atomic E-state index is 15.5. The summed E-state index contributed by atoms with van der Waals surface area (Å²) in [7, 11) is 0. The average Bonchev–Trinajstić information content (AvgIpc) is 2.66. The van der Waals surface area contributed by atoms with E-state index >= 15 is 8.78 Å². The summed E-state index contributed by atoms with van der Waals surface area (Å²) in [4.78, 5) is 11.4. The first-order valence-electron chi connectivity index (χ1n) is 7.89. The van der Waals surface area contributed by atoms with Crippen LogP contribution in [0, 0.1) is 11.3 Å². The summed E-state index contributed by atoms with van der Waals surface area (Å²) in [5, 5.41) is 8.63. The van der Waals surface area contributed by atoms with Gasteiger partial charge in [0, 0.05) is 6.08 Å². The Morgan fingerprint density at radius 3 is 1.22 bits per heavy atom. The summed E-state index contributed by atoms with van der Waals surface area (Å²) in [6.45, 7) is 2.46. The molecule has 0 aromatic heterocycles.